The molecule has 1 aromatic carbocycles. The number of alkyl halides is 3. The number of likely N-dealkylation sites (N-methyl/N-ethyl adjacent to an activating group) is 1. The fraction of sp³-hybridized carbons (Fsp3) is 0.368. The molecule has 2 N–H and O–H groups in total. The summed E-state index contributed by atoms with van der Waals surface area (Å²) < 4.78 is 38.8. The van der Waals surface area contributed by atoms with Crippen molar-refractivity contribution in [3.8, 4) is 0 Å². The minimum absolute atomic E-state index is 0. The van der Waals surface area contributed by atoms with Gasteiger partial charge in [0.1, 0.15) is 5.82 Å². The Morgan fingerprint density at radius 3 is 2.75 bits per heavy atom. The molecule has 1 aromatic heterocycles. The maximum atomic E-state index is 12.9. The third kappa shape index (κ3) is 5.14. The average Bonchev–Trinajstić information content (AvgIpc) is 2.67. The average molecular weight is 415 g/mol. The van der Waals surface area contributed by atoms with E-state index < -0.39 is 11.7 Å². The van der Waals surface area contributed by atoms with Gasteiger partial charge in [-0.05, 0) is 50.2 Å². The number of piperidine rings is 1. The molecule has 1 aliphatic rings. The minimum Gasteiger partial charge on any atom is -0.340 e. The minimum atomic E-state index is -4.43. The van der Waals surface area contributed by atoms with Gasteiger partial charge < -0.3 is 15.5 Å². The van der Waals surface area contributed by atoms with Crippen LogP contribution in [0.2, 0.25) is 0 Å². The fourth-order valence-corrected chi connectivity index (χ4v) is 3.16. The maximum Gasteiger partial charge on any atom is 0.416 e. The highest BCUT2D eigenvalue weighted by atomic mass is 35.5. The lowest BCUT2D eigenvalue weighted by Gasteiger charge is -2.32. The summed E-state index contributed by atoms with van der Waals surface area (Å²) in [4.78, 5) is 18.9. The van der Waals surface area contributed by atoms with Gasteiger partial charge in [0.25, 0.3) is 5.91 Å². The first-order chi connectivity index (χ1) is 12.9. The van der Waals surface area contributed by atoms with Crippen LogP contribution in [0, 0.1) is 0 Å². The molecule has 1 unspecified atom stereocenters. The molecule has 152 valence electrons. The molecule has 5 nitrogen and oxygen atoms in total. The number of likely N-dealkylation sites (tertiary alicyclic amines) is 1. The number of halogens is 4. The van der Waals surface area contributed by atoms with Gasteiger partial charge in [-0.3, -0.25) is 4.79 Å². The Hall–Kier alpha value is -2.32. The van der Waals surface area contributed by atoms with Crippen LogP contribution in [0.25, 0.3) is 0 Å². The molecular weight excluding hydrogens is 393 g/mol. The standard InChI is InChI=1S/C19H21F3N4O.ClH/c1-23-15-7-4-10-26(12-15)18(27)16-8-3-9-24-17(16)25-14-6-2-5-13(11-14)19(20,21)22;/h2-3,5-6,8-9,11,15,23H,4,7,10,12H2,1H3,(H,24,25);1H. The first kappa shape index (κ1) is 22.0. The molecule has 1 amide bonds. The highest BCUT2D eigenvalue weighted by Crippen LogP contribution is 2.31. The molecular formula is C19H22ClF3N4O. The SMILES string of the molecule is CNC1CCCN(C(=O)c2cccnc2Nc2cccc(C(F)(F)F)c2)C1.Cl. The summed E-state index contributed by atoms with van der Waals surface area (Å²) >= 11 is 0. The second-order valence-electron chi connectivity index (χ2n) is 6.48. The van der Waals surface area contributed by atoms with E-state index in [0.717, 1.165) is 25.0 Å². The van der Waals surface area contributed by atoms with Gasteiger partial charge in [0.2, 0.25) is 0 Å². The molecule has 1 fully saturated rings. The number of nitrogens with zero attached hydrogens (tertiary/aromatic N) is 2. The molecule has 0 aliphatic carbocycles. The topological polar surface area (TPSA) is 57.3 Å². The lowest BCUT2D eigenvalue weighted by Crippen LogP contribution is -2.47. The number of nitrogens with one attached hydrogen (secondary N) is 2. The Labute approximate surface area is 167 Å². The van der Waals surface area contributed by atoms with E-state index in [1.807, 2.05) is 7.05 Å². The van der Waals surface area contributed by atoms with Gasteiger partial charge in [0, 0.05) is 31.0 Å². The first-order valence-corrected chi connectivity index (χ1v) is 8.74. The molecule has 1 saturated heterocycles. The normalized spacial score (nSPS) is 17.0. The zero-order valence-corrected chi connectivity index (χ0v) is 16.1. The van der Waals surface area contributed by atoms with Gasteiger partial charge in [0.15, 0.2) is 0 Å². The predicted molar refractivity (Wildman–Crippen MR) is 104 cm³/mol. The Kier molecular flexibility index (Phi) is 7.26. The summed E-state index contributed by atoms with van der Waals surface area (Å²) in [5.74, 6) is 0.0610. The molecule has 9 heteroatoms. The highest BCUT2D eigenvalue weighted by molar-refractivity contribution is 5.99. The van der Waals surface area contributed by atoms with E-state index in [1.165, 1.54) is 18.3 Å². The molecule has 0 spiro atoms. The number of hydrogen-bond acceptors (Lipinski definition) is 4. The van der Waals surface area contributed by atoms with Gasteiger partial charge >= 0.3 is 6.18 Å². The Bertz CT molecular complexity index is 816. The van der Waals surface area contributed by atoms with Gasteiger partial charge in [-0.2, -0.15) is 13.2 Å². The maximum absolute atomic E-state index is 12.9. The van der Waals surface area contributed by atoms with Gasteiger partial charge in [-0.15, -0.1) is 12.4 Å². The summed E-state index contributed by atoms with van der Waals surface area (Å²) in [6, 6.07) is 8.34. The number of carbonyl (C=O) groups is 1. The van der Waals surface area contributed by atoms with Crippen LogP contribution in [0.15, 0.2) is 42.6 Å². The summed E-state index contributed by atoms with van der Waals surface area (Å²) in [7, 11) is 1.86. The van der Waals surface area contributed by atoms with E-state index in [-0.39, 0.29) is 35.9 Å². The lowest BCUT2D eigenvalue weighted by atomic mass is 10.0. The number of hydrogen-bond donors (Lipinski definition) is 2. The summed E-state index contributed by atoms with van der Waals surface area (Å²) in [6.07, 6.45) is -1.04. The van der Waals surface area contributed by atoms with Crippen LogP contribution in [0.4, 0.5) is 24.7 Å². The van der Waals surface area contributed by atoms with Crippen LogP contribution in [-0.2, 0) is 6.18 Å². The molecule has 1 atom stereocenters. The third-order valence-electron chi connectivity index (χ3n) is 4.61. The van der Waals surface area contributed by atoms with Crippen molar-refractivity contribution < 1.29 is 18.0 Å². The van der Waals surface area contributed by atoms with Crippen molar-refractivity contribution in [3.63, 3.8) is 0 Å². The molecule has 0 bridgehead atoms. The van der Waals surface area contributed by atoms with E-state index in [4.69, 9.17) is 0 Å². The van der Waals surface area contributed by atoms with Crippen LogP contribution < -0.4 is 10.6 Å². The smallest absolute Gasteiger partial charge is 0.340 e. The van der Waals surface area contributed by atoms with Gasteiger partial charge in [-0.25, -0.2) is 4.98 Å². The van der Waals surface area contributed by atoms with Crippen molar-refractivity contribution in [1.29, 1.82) is 0 Å². The number of amides is 1. The summed E-state index contributed by atoms with van der Waals surface area (Å²) in [6.45, 7) is 1.24. The van der Waals surface area contributed by atoms with E-state index in [1.54, 1.807) is 17.0 Å². The van der Waals surface area contributed by atoms with Crippen LogP contribution in [0.3, 0.4) is 0 Å². The Balaban J connectivity index is 0.00000280. The van der Waals surface area contributed by atoms with Crippen molar-refractivity contribution in [3.05, 3.63) is 53.7 Å². The quantitative estimate of drug-likeness (QED) is 0.791. The second-order valence-corrected chi connectivity index (χ2v) is 6.48. The van der Waals surface area contributed by atoms with Crippen molar-refractivity contribution in [2.75, 3.05) is 25.5 Å². The zero-order valence-electron chi connectivity index (χ0n) is 15.3. The number of rotatable bonds is 4. The predicted octanol–water partition coefficient (Wildman–Crippen LogP) is 4.09. The van der Waals surface area contributed by atoms with Gasteiger partial charge in [-0.1, -0.05) is 6.07 Å². The van der Waals surface area contributed by atoms with E-state index in [9.17, 15) is 18.0 Å². The molecule has 1 aliphatic heterocycles. The van der Waals surface area contributed by atoms with Crippen LogP contribution in [0.5, 0.6) is 0 Å². The van der Waals surface area contributed by atoms with Gasteiger partial charge in [0.05, 0.1) is 11.1 Å². The molecule has 3 rings (SSSR count). The fourth-order valence-electron chi connectivity index (χ4n) is 3.16. The number of benzene rings is 1. The summed E-state index contributed by atoms with van der Waals surface area (Å²) in [5, 5.41) is 6.04. The summed E-state index contributed by atoms with van der Waals surface area (Å²) in [5.41, 5.74) is -0.194. The van der Waals surface area contributed by atoms with Crippen molar-refractivity contribution >= 4 is 29.8 Å². The van der Waals surface area contributed by atoms with E-state index in [2.05, 4.69) is 15.6 Å². The molecule has 0 radical (unpaired) electrons. The van der Waals surface area contributed by atoms with Crippen LogP contribution >= 0.6 is 12.4 Å². The highest BCUT2D eigenvalue weighted by Gasteiger charge is 2.30. The molecule has 2 aromatic rings. The molecule has 2 heterocycles. The van der Waals surface area contributed by atoms with Crippen LogP contribution in [-0.4, -0.2) is 42.0 Å². The van der Waals surface area contributed by atoms with E-state index in [0.29, 0.717) is 18.7 Å². The molecule has 0 saturated carbocycles. The third-order valence-corrected chi connectivity index (χ3v) is 4.61. The number of aromatic nitrogens is 1. The van der Waals surface area contributed by atoms with Crippen molar-refractivity contribution in [1.82, 2.24) is 15.2 Å². The van der Waals surface area contributed by atoms with Crippen molar-refractivity contribution in [2.24, 2.45) is 0 Å². The van der Waals surface area contributed by atoms with Crippen LogP contribution in [0.1, 0.15) is 28.8 Å². The first-order valence-electron chi connectivity index (χ1n) is 8.74. The monoisotopic (exact) mass is 414 g/mol. The zero-order chi connectivity index (χ0) is 19.4. The second kappa shape index (κ2) is 9.25. The number of anilines is 2. The Morgan fingerprint density at radius 1 is 1.25 bits per heavy atom. The number of carbonyl (C=O) groups excluding carboxylic acids is 1. The Morgan fingerprint density at radius 2 is 2.04 bits per heavy atom. The molecule has 28 heavy (non-hydrogen) atoms. The lowest BCUT2D eigenvalue weighted by molar-refractivity contribution is -0.137. The number of pyridine rings is 1. The van der Waals surface area contributed by atoms with Crippen molar-refractivity contribution in [2.45, 2.75) is 25.1 Å². The van der Waals surface area contributed by atoms with E-state index >= 15 is 0 Å². The largest absolute Gasteiger partial charge is 0.416 e.